The van der Waals surface area contributed by atoms with Crippen LogP contribution in [0.25, 0.3) is 0 Å². The number of oxazole rings is 1. The van der Waals surface area contributed by atoms with Crippen LogP contribution in [-0.2, 0) is 4.79 Å². The Morgan fingerprint density at radius 2 is 2.17 bits per heavy atom. The number of aromatic nitrogens is 1. The van der Waals surface area contributed by atoms with Crippen molar-refractivity contribution in [3.05, 3.63) is 17.8 Å². The van der Waals surface area contributed by atoms with Crippen LogP contribution >= 0.6 is 0 Å². The molecule has 1 aliphatic rings. The zero-order valence-corrected chi connectivity index (χ0v) is 10.2. The average Bonchev–Trinajstić information content (AvgIpc) is 2.88. The van der Waals surface area contributed by atoms with Gasteiger partial charge in [0.1, 0.15) is 6.26 Å². The van der Waals surface area contributed by atoms with E-state index in [1.165, 1.54) is 6.26 Å². The highest BCUT2D eigenvalue weighted by Crippen LogP contribution is 2.12. The second-order valence-electron chi connectivity index (χ2n) is 4.29. The fourth-order valence-electron chi connectivity index (χ4n) is 1.79. The topological polar surface area (TPSA) is 92.7 Å². The van der Waals surface area contributed by atoms with Crippen LogP contribution in [0.15, 0.2) is 10.7 Å². The Hall–Kier alpha value is -1.89. The van der Waals surface area contributed by atoms with E-state index in [9.17, 15) is 9.59 Å². The fraction of sp³-hybridized carbons (Fsp3) is 0.545. The number of carbonyl (C=O) groups excluding carboxylic acids is 2. The molecule has 1 aliphatic heterocycles. The van der Waals surface area contributed by atoms with Crippen molar-refractivity contribution in [2.24, 2.45) is 5.73 Å². The quantitative estimate of drug-likeness (QED) is 0.739. The molecule has 0 saturated carbocycles. The van der Waals surface area contributed by atoms with Gasteiger partial charge in [-0.3, -0.25) is 9.59 Å². The fourth-order valence-corrected chi connectivity index (χ4v) is 1.79. The Labute approximate surface area is 105 Å². The van der Waals surface area contributed by atoms with Crippen LogP contribution in [0.1, 0.15) is 29.3 Å². The van der Waals surface area contributed by atoms with Crippen LogP contribution in [0.5, 0.6) is 0 Å². The molecule has 0 aliphatic carbocycles. The lowest BCUT2D eigenvalue weighted by Crippen LogP contribution is -2.48. The summed E-state index contributed by atoms with van der Waals surface area (Å²) in [6, 6.07) is -0.335. The number of amides is 2. The van der Waals surface area contributed by atoms with E-state index in [2.05, 4.69) is 4.98 Å². The first kappa shape index (κ1) is 12.6. The Kier molecular flexibility index (Phi) is 3.61. The highest BCUT2D eigenvalue weighted by atomic mass is 16.3. The number of nitrogens with two attached hydrogens (primary N) is 1. The summed E-state index contributed by atoms with van der Waals surface area (Å²) in [5, 5.41) is 0. The average molecular weight is 252 g/mol. The van der Waals surface area contributed by atoms with Crippen molar-refractivity contribution >= 4 is 12.3 Å². The number of hydrogen-bond donors (Lipinski definition) is 1. The standard InChI is InChI=1S/C11H16N4O3/c1-8(12)10-13-9(6-18-10)11(17)15-4-2-14(7-16)3-5-15/h6-8H,2-5,12H2,1H3. The van der Waals surface area contributed by atoms with Crippen molar-refractivity contribution in [1.82, 2.24) is 14.8 Å². The smallest absolute Gasteiger partial charge is 0.275 e. The number of carbonyl (C=O) groups is 2. The lowest BCUT2D eigenvalue weighted by molar-refractivity contribution is -0.119. The molecule has 18 heavy (non-hydrogen) atoms. The van der Waals surface area contributed by atoms with Gasteiger partial charge in [0.05, 0.1) is 6.04 Å². The van der Waals surface area contributed by atoms with E-state index in [4.69, 9.17) is 10.2 Å². The molecule has 1 aromatic rings. The number of hydrogen-bond acceptors (Lipinski definition) is 5. The maximum Gasteiger partial charge on any atom is 0.275 e. The summed E-state index contributed by atoms with van der Waals surface area (Å²) >= 11 is 0. The van der Waals surface area contributed by atoms with Gasteiger partial charge >= 0.3 is 0 Å². The van der Waals surface area contributed by atoms with Gasteiger partial charge in [-0.2, -0.15) is 0 Å². The van der Waals surface area contributed by atoms with Crippen molar-refractivity contribution < 1.29 is 14.0 Å². The molecule has 1 aromatic heterocycles. The Morgan fingerprint density at radius 1 is 1.50 bits per heavy atom. The first-order chi connectivity index (χ1) is 8.61. The maximum atomic E-state index is 12.1. The molecule has 2 amide bonds. The highest BCUT2D eigenvalue weighted by molar-refractivity contribution is 5.92. The van der Waals surface area contributed by atoms with E-state index in [-0.39, 0.29) is 17.6 Å². The SMILES string of the molecule is CC(N)c1nc(C(=O)N2CCN(C=O)CC2)co1. The van der Waals surface area contributed by atoms with Crippen molar-refractivity contribution in [2.45, 2.75) is 13.0 Å². The molecule has 7 nitrogen and oxygen atoms in total. The van der Waals surface area contributed by atoms with Crippen LogP contribution in [-0.4, -0.2) is 53.3 Å². The van der Waals surface area contributed by atoms with Crippen molar-refractivity contribution in [3.8, 4) is 0 Å². The van der Waals surface area contributed by atoms with E-state index in [0.717, 1.165) is 6.41 Å². The van der Waals surface area contributed by atoms with Crippen LogP contribution in [0, 0.1) is 0 Å². The molecule has 1 unspecified atom stereocenters. The molecular formula is C11H16N4O3. The van der Waals surface area contributed by atoms with Crippen LogP contribution < -0.4 is 5.73 Å². The summed E-state index contributed by atoms with van der Waals surface area (Å²) < 4.78 is 5.13. The summed E-state index contributed by atoms with van der Waals surface area (Å²) in [5.41, 5.74) is 5.88. The molecule has 7 heteroatoms. The van der Waals surface area contributed by atoms with E-state index in [1.54, 1.807) is 16.7 Å². The van der Waals surface area contributed by atoms with Crippen molar-refractivity contribution in [1.29, 1.82) is 0 Å². The first-order valence-corrected chi connectivity index (χ1v) is 5.81. The van der Waals surface area contributed by atoms with Gasteiger partial charge in [0.15, 0.2) is 5.69 Å². The molecular weight excluding hydrogens is 236 g/mol. The van der Waals surface area contributed by atoms with Crippen molar-refractivity contribution in [2.75, 3.05) is 26.2 Å². The molecule has 0 aromatic carbocycles. The summed E-state index contributed by atoms with van der Waals surface area (Å²) in [6.45, 7) is 3.86. The molecule has 2 heterocycles. The van der Waals surface area contributed by atoms with E-state index in [0.29, 0.717) is 32.1 Å². The third-order valence-corrected chi connectivity index (χ3v) is 2.88. The minimum Gasteiger partial charge on any atom is -0.446 e. The van der Waals surface area contributed by atoms with Gasteiger partial charge in [-0.05, 0) is 6.92 Å². The van der Waals surface area contributed by atoms with Gasteiger partial charge in [0.2, 0.25) is 12.3 Å². The lowest BCUT2D eigenvalue weighted by atomic mass is 10.3. The molecule has 2 rings (SSSR count). The van der Waals surface area contributed by atoms with Gasteiger partial charge in [0, 0.05) is 26.2 Å². The molecule has 0 bridgehead atoms. The van der Waals surface area contributed by atoms with Gasteiger partial charge in [-0.1, -0.05) is 0 Å². The summed E-state index contributed by atoms with van der Waals surface area (Å²) in [7, 11) is 0. The third kappa shape index (κ3) is 2.51. The third-order valence-electron chi connectivity index (χ3n) is 2.88. The first-order valence-electron chi connectivity index (χ1n) is 5.81. The van der Waals surface area contributed by atoms with E-state index < -0.39 is 0 Å². The van der Waals surface area contributed by atoms with Gasteiger partial charge < -0.3 is 20.0 Å². The largest absolute Gasteiger partial charge is 0.446 e. The number of piperazine rings is 1. The predicted molar refractivity (Wildman–Crippen MR) is 62.6 cm³/mol. The molecule has 1 atom stereocenters. The second kappa shape index (κ2) is 5.18. The molecule has 2 N–H and O–H groups in total. The van der Waals surface area contributed by atoms with E-state index in [1.807, 2.05) is 0 Å². The predicted octanol–water partition coefficient (Wildman–Crippen LogP) is -0.391. The summed E-state index contributed by atoms with van der Waals surface area (Å²) in [6.07, 6.45) is 2.12. The highest BCUT2D eigenvalue weighted by Gasteiger charge is 2.24. The molecule has 0 radical (unpaired) electrons. The monoisotopic (exact) mass is 252 g/mol. The van der Waals surface area contributed by atoms with E-state index >= 15 is 0 Å². The second-order valence-corrected chi connectivity index (χ2v) is 4.29. The molecule has 0 spiro atoms. The van der Waals surface area contributed by atoms with Gasteiger partial charge in [-0.25, -0.2) is 4.98 Å². The van der Waals surface area contributed by atoms with Gasteiger partial charge in [-0.15, -0.1) is 0 Å². The van der Waals surface area contributed by atoms with Crippen LogP contribution in [0.2, 0.25) is 0 Å². The molecule has 1 fully saturated rings. The number of rotatable bonds is 3. The minimum absolute atomic E-state index is 0.184. The van der Waals surface area contributed by atoms with Crippen LogP contribution in [0.4, 0.5) is 0 Å². The maximum absolute atomic E-state index is 12.1. The minimum atomic E-state index is -0.335. The zero-order valence-electron chi connectivity index (χ0n) is 10.2. The Balaban J connectivity index is 2.00. The summed E-state index contributed by atoms with van der Waals surface area (Å²) in [4.78, 5) is 30.0. The zero-order chi connectivity index (χ0) is 13.1. The van der Waals surface area contributed by atoms with Crippen molar-refractivity contribution in [3.63, 3.8) is 0 Å². The Bertz CT molecular complexity index is 435. The van der Waals surface area contributed by atoms with Gasteiger partial charge in [0.25, 0.3) is 5.91 Å². The lowest BCUT2D eigenvalue weighted by Gasteiger charge is -2.31. The van der Waals surface area contributed by atoms with Crippen LogP contribution in [0.3, 0.4) is 0 Å². The summed E-state index contributed by atoms with van der Waals surface area (Å²) in [5.74, 6) is 0.168. The Morgan fingerprint density at radius 3 is 2.67 bits per heavy atom. The normalized spacial score (nSPS) is 17.7. The molecule has 98 valence electrons. The number of nitrogens with zero attached hydrogens (tertiary/aromatic N) is 3. The molecule has 1 saturated heterocycles.